The number of fused-ring (bicyclic) bond motifs is 1. The molecule has 1 heterocycles. The van der Waals surface area contributed by atoms with Gasteiger partial charge in [-0.05, 0) is 30.3 Å². The maximum absolute atomic E-state index is 5.26. The fraction of sp³-hybridized carbons (Fsp3) is 0.214. The minimum Gasteiger partial charge on any atom is -0.355 e. The topological polar surface area (TPSA) is 24.1 Å². The second-order valence-electron chi connectivity index (χ2n) is 4.38. The van der Waals surface area contributed by atoms with Crippen LogP contribution in [0.25, 0.3) is 0 Å². The van der Waals surface area contributed by atoms with Crippen LogP contribution in [0.3, 0.4) is 0 Å². The second-order valence-corrected chi connectivity index (χ2v) is 4.79. The molecule has 1 fully saturated rings. The lowest BCUT2D eigenvalue weighted by Gasteiger charge is -2.37. The summed E-state index contributed by atoms with van der Waals surface area (Å²) in [5.74, 6) is 0.453. The van der Waals surface area contributed by atoms with Crippen molar-refractivity contribution in [2.45, 2.75) is 12.5 Å². The highest BCUT2D eigenvalue weighted by atomic mass is 32.1. The highest BCUT2D eigenvalue weighted by molar-refractivity contribution is 7.80. The monoisotopic (exact) mass is 242 g/mol. The van der Waals surface area contributed by atoms with Crippen molar-refractivity contribution in [3.63, 3.8) is 0 Å². The van der Waals surface area contributed by atoms with Gasteiger partial charge in [0, 0.05) is 11.6 Å². The van der Waals surface area contributed by atoms with Crippen molar-refractivity contribution in [1.82, 2.24) is 10.6 Å². The first-order valence-electron chi connectivity index (χ1n) is 5.84. The molecule has 1 aliphatic carbocycles. The van der Waals surface area contributed by atoms with E-state index < -0.39 is 0 Å². The summed E-state index contributed by atoms with van der Waals surface area (Å²) in [4.78, 5) is 0. The van der Waals surface area contributed by atoms with E-state index in [0.717, 1.165) is 11.5 Å². The summed E-state index contributed by atoms with van der Waals surface area (Å²) in [6.45, 7) is 0. The fourth-order valence-corrected chi connectivity index (χ4v) is 2.73. The number of rotatable bonds is 1. The Balaban J connectivity index is 1.96. The predicted molar refractivity (Wildman–Crippen MR) is 73.4 cm³/mol. The van der Waals surface area contributed by atoms with Gasteiger partial charge in [-0.25, -0.2) is 0 Å². The van der Waals surface area contributed by atoms with Gasteiger partial charge in [-0.1, -0.05) is 42.5 Å². The molecular formula is C14H14N2S. The molecule has 3 rings (SSSR count). The van der Waals surface area contributed by atoms with E-state index in [0.29, 0.717) is 5.92 Å². The first-order valence-corrected chi connectivity index (χ1v) is 6.24. The fourth-order valence-electron chi connectivity index (χ4n) is 2.48. The summed E-state index contributed by atoms with van der Waals surface area (Å²) in [6, 6.07) is 10.8. The van der Waals surface area contributed by atoms with E-state index in [2.05, 4.69) is 53.1 Å². The minimum absolute atomic E-state index is 0.279. The molecule has 17 heavy (non-hydrogen) atoms. The molecule has 3 heteroatoms. The third-order valence-corrected chi connectivity index (χ3v) is 3.53. The van der Waals surface area contributed by atoms with E-state index in [-0.39, 0.29) is 6.04 Å². The minimum atomic E-state index is 0.279. The SMILES string of the molecule is S=C1NC2=CC=CCC2C(c2ccccc2)N1. The van der Waals surface area contributed by atoms with Crippen LogP contribution >= 0.6 is 12.2 Å². The standard InChI is InChI=1S/C14H14N2S/c17-14-15-12-9-5-4-8-11(12)13(16-14)10-6-2-1-3-7-10/h1-7,9,11,13H,8H2,(H2,15,16,17). The van der Waals surface area contributed by atoms with Crippen LogP contribution in [0.4, 0.5) is 0 Å². The maximum Gasteiger partial charge on any atom is 0.171 e. The van der Waals surface area contributed by atoms with Crippen LogP contribution in [-0.4, -0.2) is 5.11 Å². The first kappa shape index (κ1) is 10.5. The van der Waals surface area contributed by atoms with E-state index in [1.165, 1.54) is 11.3 Å². The molecule has 0 aromatic heterocycles. The molecular weight excluding hydrogens is 228 g/mol. The average molecular weight is 242 g/mol. The molecule has 0 radical (unpaired) electrons. The summed E-state index contributed by atoms with van der Waals surface area (Å²) in [5, 5.41) is 7.34. The summed E-state index contributed by atoms with van der Waals surface area (Å²) in [6.07, 6.45) is 7.47. The van der Waals surface area contributed by atoms with Gasteiger partial charge < -0.3 is 10.6 Å². The van der Waals surface area contributed by atoms with Crippen LogP contribution in [0.15, 0.2) is 54.3 Å². The molecule has 0 amide bonds. The number of hydrogen-bond acceptors (Lipinski definition) is 1. The Hall–Kier alpha value is -1.61. The van der Waals surface area contributed by atoms with Crippen LogP contribution < -0.4 is 10.6 Å². The van der Waals surface area contributed by atoms with Crippen LogP contribution in [0.5, 0.6) is 0 Å². The number of thiocarbonyl (C=S) groups is 1. The molecule has 1 aromatic carbocycles. The van der Waals surface area contributed by atoms with Gasteiger partial charge in [-0.2, -0.15) is 0 Å². The van der Waals surface area contributed by atoms with Crippen molar-refractivity contribution in [2.24, 2.45) is 5.92 Å². The van der Waals surface area contributed by atoms with Crippen molar-refractivity contribution in [1.29, 1.82) is 0 Å². The Kier molecular flexibility index (Phi) is 2.69. The second kappa shape index (κ2) is 4.34. The van der Waals surface area contributed by atoms with Gasteiger partial charge in [0.2, 0.25) is 0 Å². The Morgan fingerprint density at radius 2 is 2.00 bits per heavy atom. The van der Waals surface area contributed by atoms with Gasteiger partial charge in [-0.3, -0.25) is 0 Å². The molecule has 0 saturated carbocycles. The van der Waals surface area contributed by atoms with Gasteiger partial charge in [0.05, 0.1) is 6.04 Å². The van der Waals surface area contributed by atoms with Crippen molar-refractivity contribution in [3.8, 4) is 0 Å². The molecule has 2 nitrogen and oxygen atoms in total. The molecule has 1 aromatic rings. The third kappa shape index (κ3) is 1.98. The van der Waals surface area contributed by atoms with Gasteiger partial charge in [0.1, 0.15) is 0 Å². The highest BCUT2D eigenvalue weighted by Gasteiger charge is 2.31. The molecule has 1 aliphatic heterocycles. The van der Waals surface area contributed by atoms with Crippen LogP contribution in [0.2, 0.25) is 0 Å². The third-order valence-electron chi connectivity index (χ3n) is 3.31. The van der Waals surface area contributed by atoms with Crippen molar-refractivity contribution in [3.05, 3.63) is 59.8 Å². The van der Waals surface area contributed by atoms with Crippen molar-refractivity contribution < 1.29 is 0 Å². The van der Waals surface area contributed by atoms with E-state index in [1.807, 2.05) is 6.07 Å². The zero-order chi connectivity index (χ0) is 11.7. The van der Waals surface area contributed by atoms with Crippen molar-refractivity contribution >= 4 is 17.3 Å². The number of benzene rings is 1. The lowest BCUT2D eigenvalue weighted by Crippen LogP contribution is -2.48. The number of allylic oxidation sites excluding steroid dienone is 3. The highest BCUT2D eigenvalue weighted by Crippen LogP contribution is 2.34. The Morgan fingerprint density at radius 1 is 1.18 bits per heavy atom. The summed E-state index contributed by atoms with van der Waals surface area (Å²) in [7, 11) is 0. The molecule has 2 unspecified atom stereocenters. The predicted octanol–water partition coefficient (Wildman–Crippen LogP) is 2.67. The quantitative estimate of drug-likeness (QED) is 0.740. The lowest BCUT2D eigenvalue weighted by atomic mass is 9.84. The van der Waals surface area contributed by atoms with Gasteiger partial charge in [0.15, 0.2) is 5.11 Å². The number of hydrogen-bond donors (Lipinski definition) is 2. The van der Waals surface area contributed by atoms with Gasteiger partial charge >= 0.3 is 0 Å². The molecule has 2 N–H and O–H groups in total. The maximum atomic E-state index is 5.26. The lowest BCUT2D eigenvalue weighted by molar-refractivity contribution is 0.420. The molecule has 2 atom stereocenters. The smallest absolute Gasteiger partial charge is 0.171 e. The zero-order valence-corrected chi connectivity index (χ0v) is 10.2. The Labute approximate surface area is 106 Å². The normalized spacial score (nSPS) is 26.6. The van der Waals surface area contributed by atoms with E-state index in [9.17, 15) is 0 Å². The van der Waals surface area contributed by atoms with E-state index >= 15 is 0 Å². The first-order chi connectivity index (χ1) is 8.34. The van der Waals surface area contributed by atoms with Crippen molar-refractivity contribution in [2.75, 3.05) is 0 Å². The number of nitrogens with one attached hydrogen (secondary N) is 2. The largest absolute Gasteiger partial charge is 0.355 e. The Bertz CT molecular complexity index is 490. The van der Waals surface area contributed by atoms with Gasteiger partial charge in [0.25, 0.3) is 0 Å². The average Bonchev–Trinajstić information content (AvgIpc) is 2.39. The summed E-state index contributed by atoms with van der Waals surface area (Å²) in [5.41, 5.74) is 2.52. The van der Waals surface area contributed by atoms with Crippen LogP contribution in [0.1, 0.15) is 18.0 Å². The zero-order valence-electron chi connectivity index (χ0n) is 9.39. The molecule has 0 spiro atoms. The Morgan fingerprint density at radius 3 is 2.82 bits per heavy atom. The summed E-state index contributed by atoms with van der Waals surface area (Å²) >= 11 is 5.26. The molecule has 2 aliphatic rings. The van der Waals surface area contributed by atoms with Crippen LogP contribution in [-0.2, 0) is 0 Å². The molecule has 0 bridgehead atoms. The molecule has 86 valence electrons. The van der Waals surface area contributed by atoms with Crippen LogP contribution in [0, 0.1) is 5.92 Å². The van der Waals surface area contributed by atoms with Gasteiger partial charge in [-0.15, -0.1) is 0 Å². The summed E-state index contributed by atoms with van der Waals surface area (Å²) < 4.78 is 0. The molecule has 1 saturated heterocycles. The van der Waals surface area contributed by atoms with E-state index in [4.69, 9.17) is 12.2 Å². The van der Waals surface area contributed by atoms with E-state index in [1.54, 1.807) is 0 Å².